The van der Waals surface area contributed by atoms with Crippen LogP contribution in [0.5, 0.6) is 0 Å². The molecule has 2 aromatic carbocycles. The molecule has 5 nitrogen and oxygen atoms in total. The molecular weight excluding hydrogens is 397 g/mol. The van der Waals surface area contributed by atoms with E-state index in [-0.39, 0.29) is 23.8 Å². The molecule has 28 heavy (non-hydrogen) atoms. The fourth-order valence-corrected chi connectivity index (χ4v) is 3.45. The maximum Gasteiger partial charge on any atom is 0.223 e. The smallest absolute Gasteiger partial charge is 0.223 e. The number of benzene rings is 2. The van der Waals surface area contributed by atoms with Gasteiger partial charge in [0.2, 0.25) is 11.8 Å². The Morgan fingerprint density at radius 3 is 2.57 bits per heavy atom. The highest BCUT2D eigenvalue weighted by Gasteiger charge is 2.29. The van der Waals surface area contributed by atoms with Gasteiger partial charge in [-0.1, -0.05) is 55.2 Å². The zero-order valence-electron chi connectivity index (χ0n) is 15.8. The molecule has 0 saturated carbocycles. The predicted molar refractivity (Wildman–Crippen MR) is 111 cm³/mol. The molecule has 1 fully saturated rings. The Labute approximate surface area is 174 Å². The molecule has 3 rings (SSSR count). The third-order valence-electron chi connectivity index (χ3n) is 4.70. The molecule has 0 aromatic heterocycles. The minimum atomic E-state index is -0.421. The largest absolute Gasteiger partial charge is 0.352 e. The lowest BCUT2D eigenvalue weighted by Gasteiger charge is -2.33. The number of rotatable bonds is 5. The molecule has 7 heteroatoms. The van der Waals surface area contributed by atoms with Gasteiger partial charge in [-0.05, 0) is 35.4 Å². The Hall–Kier alpha value is -2.08. The van der Waals surface area contributed by atoms with Crippen LogP contribution in [-0.4, -0.2) is 11.8 Å². The van der Waals surface area contributed by atoms with E-state index < -0.39 is 6.17 Å². The van der Waals surface area contributed by atoms with Crippen LogP contribution in [-0.2, 0) is 16.1 Å². The van der Waals surface area contributed by atoms with Crippen LogP contribution in [0.1, 0.15) is 49.2 Å². The minimum Gasteiger partial charge on any atom is -0.352 e. The molecule has 0 radical (unpaired) electrons. The van der Waals surface area contributed by atoms with E-state index in [4.69, 9.17) is 23.2 Å². The molecule has 1 aliphatic rings. The van der Waals surface area contributed by atoms with Crippen LogP contribution in [0.25, 0.3) is 0 Å². The van der Waals surface area contributed by atoms with Crippen molar-refractivity contribution in [3.63, 3.8) is 0 Å². The normalized spacial score (nSPS) is 19.4. The standard InChI is InChI=1S/C21H23Cl2N3O2/c1-12(2)21(28)24-11-13-3-8-17(23)16(9-13)20-25-18(10-19(27)26-20)14-4-6-15(22)7-5-14/h3-9,12,18,20,25H,10-11H2,1-2H3,(H,24,28)(H,26,27). The van der Waals surface area contributed by atoms with Crippen molar-refractivity contribution in [2.75, 3.05) is 0 Å². The molecule has 2 unspecified atom stereocenters. The van der Waals surface area contributed by atoms with Crippen LogP contribution in [0.15, 0.2) is 42.5 Å². The predicted octanol–water partition coefficient (Wildman–Crippen LogP) is 4.12. The Morgan fingerprint density at radius 2 is 1.89 bits per heavy atom. The number of carbonyl (C=O) groups excluding carboxylic acids is 2. The van der Waals surface area contributed by atoms with E-state index in [1.165, 1.54) is 0 Å². The monoisotopic (exact) mass is 419 g/mol. The number of hydrogen-bond donors (Lipinski definition) is 3. The number of halogens is 2. The Kier molecular flexibility index (Phi) is 6.60. The number of nitrogens with one attached hydrogen (secondary N) is 3. The van der Waals surface area contributed by atoms with Crippen molar-refractivity contribution in [2.45, 2.75) is 39.0 Å². The van der Waals surface area contributed by atoms with Crippen molar-refractivity contribution in [2.24, 2.45) is 5.92 Å². The van der Waals surface area contributed by atoms with Gasteiger partial charge in [-0.15, -0.1) is 0 Å². The summed E-state index contributed by atoms with van der Waals surface area (Å²) in [7, 11) is 0. The first kappa shape index (κ1) is 20.6. The SMILES string of the molecule is CC(C)C(=O)NCc1ccc(Cl)c(C2NC(=O)CC(c3ccc(Cl)cc3)N2)c1. The van der Waals surface area contributed by atoms with E-state index in [1.807, 2.05) is 50.2 Å². The molecule has 3 N–H and O–H groups in total. The first-order valence-corrected chi connectivity index (χ1v) is 9.96. The Morgan fingerprint density at radius 1 is 1.18 bits per heavy atom. The van der Waals surface area contributed by atoms with Gasteiger partial charge in [0, 0.05) is 40.5 Å². The summed E-state index contributed by atoms with van der Waals surface area (Å²) in [5.74, 6) is -0.145. The second-order valence-corrected chi connectivity index (χ2v) is 8.05. The van der Waals surface area contributed by atoms with Gasteiger partial charge >= 0.3 is 0 Å². The molecular formula is C21H23Cl2N3O2. The Balaban J connectivity index is 1.79. The lowest BCUT2D eigenvalue weighted by molar-refractivity contribution is -0.125. The van der Waals surface area contributed by atoms with E-state index in [2.05, 4.69) is 16.0 Å². The highest BCUT2D eigenvalue weighted by atomic mass is 35.5. The third kappa shape index (κ3) is 5.04. The van der Waals surface area contributed by atoms with Gasteiger partial charge in [0.1, 0.15) is 6.17 Å². The van der Waals surface area contributed by atoms with Crippen molar-refractivity contribution in [3.05, 3.63) is 69.2 Å². The molecule has 1 saturated heterocycles. The zero-order valence-corrected chi connectivity index (χ0v) is 17.3. The van der Waals surface area contributed by atoms with Crippen LogP contribution in [0.4, 0.5) is 0 Å². The van der Waals surface area contributed by atoms with Crippen LogP contribution in [0.3, 0.4) is 0 Å². The molecule has 0 spiro atoms. The summed E-state index contributed by atoms with van der Waals surface area (Å²) in [5.41, 5.74) is 2.67. The highest BCUT2D eigenvalue weighted by Crippen LogP contribution is 2.30. The first-order chi connectivity index (χ1) is 13.3. The second-order valence-electron chi connectivity index (χ2n) is 7.20. The summed E-state index contributed by atoms with van der Waals surface area (Å²) < 4.78 is 0. The van der Waals surface area contributed by atoms with E-state index in [1.54, 1.807) is 6.07 Å². The van der Waals surface area contributed by atoms with Gasteiger partial charge in [-0.3, -0.25) is 14.9 Å². The topological polar surface area (TPSA) is 70.2 Å². The maximum atomic E-state index is 12.3. The van der Waals surface area contributed by atoms with Crippen LogP contribution in [0, 0.1) is 5.92 Å². The average Bonchev–Trinajstić information content (AvgIpc) is 2.67. The van der Waals surface area contributed by atoms with Gasteiger partial charge in [0.05, 0.1) is 0 Å². The summed E-state index contributed by atoms with van der Waals surface area (Å²) >= 11 is 12.4. The van der Waals surface area contributed by atoms with Crippen LogP contribution < -0.4 is 16.0 Å². The quantitative estimate of drug-likeness (QED) is 0.682. The van der Waals surface area contributed by atoms with Gasteiger partial charge in [-0.25, -0.2) is 0 Å². The van der Waals surface area contributed by atoms with E-state index in [0.29, 0.717) is 23.0 Å². The Bertz CT molecular complexity index is 868. The number of hydrogen-bond acceptors (Lipinski definition) is 3. The maximum absolute atomic E-state index is 12.3. The summed E-state index contributed by atoms with van der Waals surface area (Å²) in [5, 5.41) is 10.5. The fraction of sp³-hybridized carbons (Fsp3) is 0.333. The fourth-order valence-electron chi connectivity index (χ4n) is 3.10. The molecule has 0 aliphatic carbocycles. The zero-order chi connectivity index (χ0) is 20.3. The molecule has 2 amide bonds. The van der Waals surface area contributed by atoms with Crippen molar-refractivity contribution in [1.29, 1.82) is 0 Å². The van der Waals surface area contributed by atoms with E-state index in [0.717, 1.165) is 16.7 Å². The average molecular weight is 420 g/mol. The van der Waals surface area contributed by atoms with Gasteiger partial charge in [0.25, 0.3) is 0 Å². The van der Waals surface area contributed by atoms with Crippen molar-refractivity contribution < 1.29 is 9.59 Å². The van der Waals surface area contributed by atoms with E-state index >= 15 is 0 Å². The van der Waals surface area contributed by atoms with Crippen LogP contribution >= 0.6 is 23.2 Å². The third-order valence-corrected chi connectivity index (χ3v) is 5.29. The first-order valence-electron chi connectivity index (χ1n) is 9.20. The highest BCUT2D eigenvalue weighted by molar-refractivity contribution is 6.31. The molecule has 0 bridgehead atoms. The van der Waals surface area contributed by atoms with Gasteiger partial charge in [0.15, 0.2) is 0 Å². The number of carbonyl (C=O) groups is 2. The van der Waals surface area contributed by atoms with Crippen molar-refractivity contribution in [3.8, 4) is 0 Å². The molecule has 2 aromatic rings. The summed E-state index contributed by atoms with van der Waals surface area (Å²) in [6.07, 6.45) is -0.0879. The van der Waals surface area contributed by atoms with Gasteiger partial charge < -0.3 is 10.6 Å². The lowest BCUT2D eigenvalue weighted by Crippen LogP contribution is -2.46. The summed E-state index contributed by atoms with van der Waals surface area (Å²) in [6, 6.07) is 12.9. The molecule has 1 heterocycles. The number of amides is 2. The van der Waals surface area contributed by atoms with Gasteiger partial charge in [-0.2, -0.15) is 0 Å². The van der Waals surface area contributed by atoms with Crippen LogP contribution in [0.2, 0.25) is 10.0 Å². The van der Waals surface area contributed by atoms with Crippen molar-refractivity contribution >= 4 is 35.0 Å². The second kappa shape index (κ2) is 8.95. The van der Waals surface area contributed by atoms with E-state index in [9.17, 15) is 9.59 Å². The summed E-state index contributed by atoms with van der Waals surface area (Å²) in [6.45, 7) is 4.10. The summed E-state index contributed by atoms with van der Waals surface area (Å²) in [4.78, 5) is 24.1. The molecule has 148 valence electrons. The molecule has 1 aliphatic heterocycles. The molecule has 2 atom stereocenters. The minimum absolute atomic E-state index is 0.0107. The lowest BCUT2D eigenvalue weighted by atomic mass is 9.98. The van der Waals surface area contributed by atoms with Crippen molar-refractivity contribution in [1.82, 2.24) is 16.0 Å².